The molecule has 5 heteroatoms. The lowest BCUT2D eigenvalue weighted by atomic mass is 10.3. The average Bonchev–Trinajstić information content (AvgIpc) is 2.56. The fraction of sp³-hybridized carbons (Fsp3) is 0.111. The van der Waals surface area contributed by atoms with Gasteiger partial charge in [-0.25, -0.2) is 4.98 Å². The first kappa shape index (κ1) is 9.43. The van der Waals surface area contributed by atoms with Gasteiger partial charge in [0.2, 0.25) is 5.13 Å². The maximum absolute atomic E-state index is 5.86. The smallest absolute Gasteiger partial charge is 0.204 e. The van der Waals surface area contributed by atoms with Crippen molar-refractivity contribution in [3.8, 4) is 0 Å². The lowest BCUT2D eigenvalue weighted by Crippen LogP contribution is -1.85. The van der Waals surface area contributed by atoms with Crippen molar-refractivity contribution in [2.75, 3.05) is 5.43 Å². The fourth-order valence-corrected chi connectivity index (χ4v) is 2.16. The number of hydrazone groups is 1. The Morgan fingerprint density at radius 1 is 1.57 bits per heavy atom. The van der Waals surface area contributed by atoms with Crippen molar-refractivity contribution in [2.45, 2.75) is 6.92 Å². The number of nitrogens with zero attached hydrogens (tertiary/aromatic N) is 2. The number of anilines is 1. The largest absolute Gasteiger partial charge is 0.253 e. The van der Waals surface area contributed by atoms with E-state index >= 15 is 0 Å². The van der Waals surface area contributed by atoms with E-state index in [0.29, 0.717) is 0 Å². The van der Waals surface area contributed by atoms with Gasteiger partial charge in [-0.15, -0.1) is 0 Å². The Morgan fingerprint density at radius 3 is 3.21 bits per heavy atom. The molecule has 14 heavy (non-hydrogen) atoms. The van der Waals surface area contributed by atoms with Crippen molar-refractivity contribution in [1.82, 2.24) is 4.98 Å². The molecule has 0 saturated carbocycles. The zero-order valence-electron chi connectivity index (χ0n) is 7.49. The van der Waals surface area contributed by atoms with Crippen molar-refractivity contribution >= 4 is 44.5 Å². The van der Waals surface area contributed by atoms with Crippen molar-refractivity contribution in [2.24, 2.45) is 5.10 Å². The minimum absolute atomic E-state index is 0.728. The third-order valence-electron chi connectivity index (χ3n) is 1.64. The van der Waals surface area contributed by atoms with E-state index in [1.165, 1.54) is 11.3 Å². The Hall–Kier alpha value is -1.13. The maximum atomic E-state index is 5.86. The van der Waals surface area contributed by atoms with Crippen LogP contribution in [0.15, 0.2) is 23.3 Å². The minimum atomic E-state index is 0.728. The number of hydrogen-bond acceptors (Lipinski definition) is 4. The van der Waals surface area contributed by atoms with Gasteiger partial charge in [0.1, 0.15) is 0 Å². The first-order chi connectivity index (χ1) is 6.79. The Bertz CT molecular complexity index is 478. The summed E-state index contributed by atoms with van der Waals surface area (Å²) >= 11 is 7.39. The molecule has 0 unspecified atom stereocenters. The Morgan fingerprint density at radius 2 is 2.43 bits per heavy atom. The number of aromatic nitrogens is 1. The van der Waals surface area contributed by atoms with Gasteiger partial charge in [0.15, 0.2) is 0 Å². The lowest BCUT2D eigenvalue weighted by molar-refractivity contribution is 1.31. The van der Waals surface area contributed by atoms with E-state index in [2.05, 4.69) is 15.5 Å². The normalized spacial score (nSPS) is 11.3. The highest BCUT2D eigenvalue weighted by atomic mass is 35.5. The van der Waals surface area contributed by atoms with Gasteiger partial charge < -0.3 is 0 Å². The molecule has 3 nitrogen and oxygen atoms in total. The summed E-state index contributed by atoms with van der Waals surface area (Å²) in [5.74, 6) is 0. The maximum Gasteiger partial charge on any atom is 0.204 e. The van der Waals surface area contributed by atoms with Gasteiger partial charge in [-0.1, -0.05) is 22.9 Å². The highest BCUT2D eigenvalue weighted by Crippen LogP contribution is 2.27. The molecule has 1 aromatic heterocycles. The molecule has 0 saturated heterocycles. The van der Waals surface area contributed by atoms with E-state index < -0.39 is 0 Å². The first-order valence-electron chi connectivity index (χ1n) is 4.09. The first-order valence-corrected chi connectivity index (χ1v) is 5.29. The van der Waals surface area contributed by atoms with Crippen molar-refractivity contribution < 1.29 is 0 Å². The van der Waals surface area contributed by atoms with Crippen LogP contribution in [0.1, 0.15) is 6.92 Å². The Balaban J connectivity index is 2.41. The summed E-state index contributed by atoms with van der Waals surface area (Å²) in [5.41, 5.74) is 3.78. The number of rotatable bonds is 2. The second-order valence-corrected chi connectivity index (χ2v) is 4.10. The fourth-order valence-electron chi connectivity index (χ4n) is 1.07. The second kappa shape index (κ2) is 3.94. The highest BCUT2D eigenvalue weighted by molar-refractivity contribution is 7.22. The van der Waals surface area contributed by atoms with Gasteiger partial charge in [-0.2, -0.15) is 5.10 Å². The topological polar surface area (TPSA) is 37.3 Å². The third-order valence-corrected chi connectivity index (χ3v) is 2.80. The van der Waals surface area contributed by atoms with Crippen LogP contribution in [0.25, 0.3) is 10.2 Å². The molecule has 1 aromatic carbocycles. The average molecular weight is 226 g/mol. The summed E-state index contributed by atoms with van der Waals surface area (Å²) in [6, 6.07) is 5.63. The van der Waals surface area contributed by atoms with Crippen LogP contribution < -0.4 is 5.43 Å². The molecule has 0 atom stereocenters. The van der Waals surface area contributed by atoms with Crippen LogP contribution in [0.3, 0.4) is 0 Å². The van der Waals surface area contributed by atoms with E-state index in [0.717, 1.165) is 20.4 Å². The zero-order valence-corrected chi connectivity index (χ0v) is 9.06. The zero-order chi connectivity index (χ0) is 9.97. The van der Waals surface area contributed by atoms with Gasteiger partial charge in [-0.3, -0.25) is 5.43 Å². The molecule has 2 rings (SSSR count). The molecule has 0 fully saturated rings. The van der Waals surface area contributed by atoms with Crippen molar-refractivity contribution in [3.05, 3.63) is 23.2 Å². The molecule has 1 heterocycles. The highest BCUT2D eigenvalue weighted by Gasteiger charge is 2.02. The predicted octanol–water partition coefficient (Wildman–Crippen LogP) is 3.37. The summed E-state index contributed by atoms with van der Waals surface area (Å²) in [6.45, 7) is 1.84. The summed E-state index contributed by atoms with van der Waals surface area (Å²) in [5, 5.41) is 5.41. The lowest BCUT2D eigenvalue weighted by Gasteiger charge is -1.88. The number of benzene rings is 1. The van der Waals surface area contributed by atoms with Gasteiger partial charge in [-0.05, 0) is 25.1 Å². The number of fused-ring (bicyclic) bond motifs is 1. The standard InChI is InChI=1S/C9H8ClN3S/c1-2-11-13-9-12-7-4-3-6(10)5-8(7)14-9/h2-5H,1H3,(H,12,13)/b11-2+. The molecule has 2 aromatic rings. The molecule has 72 valence electrons. The molecule has 0 bridgehead atoms. The summed E-state index contributed by atoms with van der Waals surface area (Å²) in [6.07, 6.45) is 1.68. The summed E-state index contributed by atoms with van der Waals surface area (Å²) in [7, 11) is 0. The predicted molar refractivity (Wildman–Crippen MR) is 62.4 cm³/mol. The third kappa shape index (κ3) is 1.86. The van der Waals surface area contributed by atoms with Crippen molar-refractivity contribution in [1.29, 1.82) is 0 Å². The summed E-state index contributed by atoms with van der Waals surface area (Å²) in [4.78, 5) is 4.33. The molecule has 0 aliphatic carbocycles. The molecule has 0 radical (unpaired) electrons. The number of nitrogens with one attached hydrogen (secondary N) is 1. The Labute approximate surface area is 90.4 Å². The second-order valence-electron chi connectivity index (χ2n) is 2.63. The van der Waals surface area contributed by atoms with Crippen LogP contribution >= 0.6 is 22.9 Å². The summed E-state index contributed by atoms with van der Waals surface area (Å²) < 4.78 is 1.06. The molecule has 0 aliphatic heterocycles. The molecular weight excluding hydrogens is 218 g/mol. The van der Waals surface area contributed by atoms with E-state index in [9.17, 15) is 0 Å². The quantitative estimate of drug-likeness (QED) is 0.629. The van der Waals surface area contributed by atoms with Crippen LogP contribution in [0.5, 0.6) is 0 Å². The molecule has 0 aliphatic rings. The minimum Gasteiger partial charge on any atom is -0.253 e. The van der Waals surface area contributed by atoms with Gasteiger partial charge in [0.25, 0.3) is 0 Å². The van der Waals surface area contributed by atoms with E-state index in [4.69, 9.17) is 11.6 Å². The van der Waals surface area contributed by atoms with Gasteiger partial charge in [0.05, 0.1) is 10.2 Å². The van der Waals surface area contributed by atoms with Crippen LogP contribution in [0.2, 0.25) is 5.02 Å². The molecular formula is C9H8ClN3S. The number of hydrogen-bond donors (Lipinski definition) is 1. The molecule has 1 N–H and O–H groups in total. The molecule has 0 amide bonds. The molecule has 0 spiro atoms. The van der Waals surface area contributed by atoms with Gasteiger partial charge in [0, 0.05) is 11.2 Å². The Kier molecular flexibility index (Phi) is 2.65. The van der Waals surface area contributed by atoms with Crippen LogP contribution in [0.4, 0.5) is 5.13 Å². The SMILES string of the molecule is C/C=N/Nc1nc2ccc(Cl)cc2s1. The monoisotopic (exact) mass is 225 g/mol. The van der Waals surface area contributed by atoms with Gasteiger partial charge >= 0.3 is 0 Å². The van der Waals surface area contributed by atoms with Crippen LogP contribution in [-0.2, 0) is 0 Å². The van der Waals surface area contributed by atoms with E-state index in [1.54, 1.807) is 6.21 Å². The van der Waals surface area contributed by atoms with Crippen LogP contribution in [0, 0.1) is 0 Å². The van der Waals surface area contributed by atoms with Crippen molar-refractivity contribution in [3.63, 3.8) is 0 Å². The van der Waals surface area contributed by atoms with E-state index in [1.807, 2.05) is 25.1 Å². The van der Waals surface area contributed by atoms with E-state index in [-0.39, 0.29) is 0 Å². The number of thiazole rings is 1. The number of halogens is 1. The van der Waals surface area contributed by atoms with Crippen LogP contribution in [-0.4, -0.2) is 11.2 Å².